The average Bonchev–Trinajstić information content (AvgIpc) is 2.40. The Bertz CT molecular complexity index is 376. The molecule has 6 heteroatoms. The maximum atomic E-state index is 12.6. The van der Waals surface area contributed by atoms with Gasteiger partial charge in [0.15, 0.2) is 9.84 Å². The molecule has 1 saturated heterocycles. The van der Waals surface area contributed by atoms with E-state index in [2.05, 4.69) is 11.8 Å². The van der Waals surface area contributed by atoms with Gasteiger partial charge in [0.2, 0.25) is 0 Å². The Kier molecular flexibility index (Phi) is 8.16. The van der Waals surface area contributed by atoms with Crippen LogP contribution in [0, 0.1) is 0 Å². The summed E-state index contributed by atoms with van der Waals surface area (Å²) in [6, 6.07) is 0. The number of hydrogen-bond donors (Lipinski definition) is 1. The number of nitrogens with zero attached hydrogens (tertiary/aromatic N) is 2. The molecule has 21 heavy (non-hydrogen) atoms. The van der Waals surface area contributed by atoms with Crippen LogP contribution in [-0.4, -0.2) is 80.7 Å². The van der Waals surface area contributed by atoms with E-state index in [1.165, 1.54) is 0 Å². The molecule has 0 saturated carbocycles. The molecule has 1 fully saturated rings. The van der Waals surface area contributed by atoms with Crippen LogP contribution in [0.5, 0.6) is 0 Å². The van der Waals surface area contributed by atoms with Crippen molar-refractivity contribution in [3.63, 3.8) is 0 Å². The summed E-state index contributed by atoms with van der Waals surface area (Å²) in [7, 11) is 0.802. The highest BCUT2D eigenvalue weighted by Gasteiger charge is 2.29. The summed E-state index contributed by atoms with van der Waals surface area (Å²) in [6.45, 7) is 4.86. The molecule has 0 aliphatic carbocycles. The van der Waals surface area contributed by atoms with Crippen molar-refractivity contribution in [1.82, 2.24) is 9.80 Å². The van der Waals surface area contributed by atoms with Gasteiger partial charge < -0.3 is 14.9 Å². The van der Waals surface area contributed by atoms with Crippen molar-refractivity contribution in [2.75, 3.05) is 46.0 Å². The van der Waals surface area contributed by atoms with Gasteiger partial charge in [-0.15, -0.1) is 0 Å². The maximum absolute atomic E-state index is 12.6. The molecule has 5 nitrogen and oxygen atoms in total. The Labute approximate surface area is 130 Å². The van der Waals surface area contributed by atoms with Gasteiger partial charge in [0.1, 0.15) is 0 Å². The fourth-order valence-corrected chi connectivity index (χ4v) is 4.70. The van der Waals surface area contributed by atoms with Crippen molar-refractivity contribution in [3.8, 4) is 0 Å². The minimum Gasteiger partial charge on any atom is -0.393 e. The molecule has 1 aliphatic heterocycles. The topological polar surface area (TPSA) is 60.9 Å². The lowest BCUT2D eigenvalue weighted by molar-refractivity contribution is 0.0815. The van der Waals surface area contributed by atoms with Crippen molar-refractivity contribution >= 4 is 9.84 Å². The molecule has 0 spiro atoms. The number of rotatable bonds is 9. The highest BCUT2D eigenvalue weighted by atomic mass is 32.2. The molecule has 1 atom stereocenters. The van der Waals surface area contributed by atoms with Gasteiger partial charge in [-0.3, -0.25) is 0 Å². The predicted octanol–water partition coefficient (Wildman–Crippen LogP) is 0.978. The largest absolute Gasteiger partial charge is 0.393 e. The monoisotopic (exact) mass is 320 g/mol. The van der Waals surface area contributed by atoms with Crippen LogP contribution in [0.4, 0.5) is 0 Å². The van der Waals surface area contributed by atoms with E-state index in [9.17, 15) is 13.5 Å². The second kappa shape index (κ2) is 9.08. The van der Waals surface area contributed by atoms with Crippen molar-refractivity contribution in [2.24, 2.45) is 0 Å². The fraction of sp³-hybridized carbons (Fsp3) is 1.00. The molecule has 0 aromatic rings. The van der Waals surface area contributed by atoms with Gasteiger partial charge in [0.05, 0.1) is 17.1 Å². The Morgan fingerprint density at radius 3 is 2.38 bits per heavy atom. The second-order valence-corrected chi connectivity index (χ2v) is 8.89. The molecule has 0 radical (unpaired) electrons. The summed E-state index contributed by atoms with van der Waals surface area (Å²) in [4.78, 5) is 4.15. The van der Waals surface area contributed by atoms with Gasteiger partial charge in [0, 0.05) is 26.2 Å². The zero-order valence-corrected chi connectivity index (χ0v) is 14.6. The number of aliphatic hydroxyl groups is 1. The summed E-state index contributed by atoms with van der Waals surface area (Å²) < 4.78 is 25.2. The lowest BCUT2D eigenvalue weighted by atomic mass is 10.1. The third-order valence-electron chi connectivity index (χ3n) is 4.13. The molecule has 1 rings (SSSR count). The summed E-state index contributed by atoms with van der Waals surface area (Å²) >= 11 is 0. The number of hydrogen-bond acceptors (Lipinski definition) is 5. The quantitative estimate of drug-likeness (QED) is 0.642. The van der Waals surface area contributed by atoms with Crippen LogP contribution in [0.2, 0.25) is 0 Å². The SMILES string of the molecule is CCCCCS(=O)(=O)C(CN(C)C)CN1CCC(O)CC1. The number of unbranched alkanes of at least 4 members (excludes halogenated alkanes) is 2. The van der Waals surface area contributed by atoms with Gasteiger partial charge >= 0.3 is 0 Å². The first-order valence-electron chi connectivity index (χ1n) is 8.12. The minimum atomic E-state index is -3.05. The van der Waals surface area contributed by atoms with E-state index in [4.69, 9.17) is 0 Å². The highest BCUT2D eigenvalue weighted by molar-refractivity contribution is 7.92. The lowest BCUT2D eigenvalue weighted by Gasteiger charge is -2.33. The van der Waals surface area contributed by atoms with Crippen molar-refractivity contribution in [3.05, 3.63) is 0 Å². The number of aliphatic hydroxyl groups excluding tert-OH is 1. The summed E-state index contributed by atoms with van der Waals surface area (Å²) in [6.07, 6.45) is 4.08. The zero-order chi connectivity index (χ0) is 15.9. The van der Waals surface area contributed by atoms with Crippen LogP contribution in [0.3, 0.4) is 0 Å². The molecular weight excluding hydrogens is 288 g/mol. The molecule has 1 N–H and O–H groups in total. The van der Waals surface area contributed by atoms with Crippen molar-refractivity contribution < 1.29 is 13.5 Å². The van der Waals surface area contributed by atoms with Gasteiger partial charge in [0.25, 0.3) is 0 Å². The van der Waals surface area contributed by atoms with E-state index in [1.54, 1.807) is 0 Å². The van der Waals surface area contributed by atoms with E-state index < -0.39 is 9.84 Å². The molecule has 0 bridgehead atoms. The van der Waals surface area contributed by atoms with Crippen molar-refractivity contribution in [1.29, 1.82) is 0 Å². The van der Waals surface area contributed by atoms with E-state index in [0.29, 0.717) is 18.8 Å². The van der Waals surface area contributed by atoms with Gasteiger partial charge in [-0.2, -0.15) is 0 Å². The summed E-state index contributed by atoms with van der Waals surface area (Å²) in [5, 5.41) is 9.24. The summed E-state index contributed by atoms with van der Waals surface area (Å²) in [5.41, 5.74) is 0. The van der Waals surface area contributed by atoms with E-state index >= 15 is 0 Å². The highest BCUT2D eigenvalue weighted by Crippen LogP contribution is 2.15. The number of likely N-dealkylation sites (tertiary alicyclic amines) is 1. The van der Waals surface area contributed by atoms with E-state index in [-0.39, 0.29) is 11.4 Å². The maximum Gasteiger partial charge on any atom is 0.155 e. The van der Waals surface area contributed by atoms with Crippen LogP contribution >= 0.6 is 0 Å². The minimum absolute atomic E-state index is 0.213. The fourth-order valence-electron chi connectivity index (χ4n) is 2.80. The Morgan fingerprint density at radius 1 is 1.24 bits per heavy atom. The first-order chi connectivity index (χ1) is 9.85. The van der Waals surface area contributed by atoms with Gasteiger partial charge in [-0.1, -0.05) is 19.8 Å². The van der Waals surface area contributed by atoms with E-state index in [1.807, 2.05) is 19.0 Å². The van der Waals surface area contributed by atoms with Crippen LogP contribution in [0.25, 0.3) is 0 Å². The summed E-state index contributed by atoms with van der Waals surface area (Å²) in [5.74, 6) is 0.301. The third kappa shape index (κ3) is 7.08. The van der Waals surface area contributed by atoms with Crippen LogP contribution in [-0.2, 0) is 9.84 Å². The molecule has 0 aromatic heterocycles. The van der Waals surface area contributed by atoms with Crippen LogP contribution < -0.4 is 0 Å². The molecule has 0 amide bonds. The van der Waals surface area contributed by atoms with Crippen molar-refractivity contribution in [2.45, 2.75) is 50.4 Å². The zero-order valence-electron chi connectivity index (χ0n) is 13.8. The lowest BCUT2D eigenvalue weighted by Crippen LogP contribution is -2.46. The Balaban J connectivity index is 2.61. The van der Waals surface area contributed by atoms with Crippen LogP contribution in [0.15, 0.2) is 0 Å². The number of sulfone groups is 1. The van der Waals surface area contributed by atoms with E-state index in [0.717, 1.165) is 45.2 Å². The standard InChI is InChI=1S/C15H32N2O3S/c1-4-5-6-11-21(19,20)15(12-16(2)3)13-17-9-7-14(18)8-10-17/h14-15,18H,4-13H2,1-3H3. The molecule has 1 unspecified atom stereocenters. The third-order valence-corrected chi connectivity index (χ3v) is 6.30. The van der Waals surface area contributed by atoms with Gasteiger partial charge in [-0.05, 0) is 33.4 Å². The molecule has 126 valence electrons. The number of piperidine rings is 1. The normalized spacial score (nSPS) is 20.0. The first-order valence-corrected chi connectivity index (χ1v) is 9.83. The first kappa shape index (κ1) is 18.9. The molecular formula is C15H32N2O3S. The van der Waals surface area contributed by atoms with Crippen LogP contribution in [0.1, 0.15) is 39.0 Å². The Hall–Kier alpha value is -0.170. The molecule has 0 aromatic carbocycles. The molecule has 1 aliphatic rings. The smallest absolute Gasteiger partial charge is 0.155 e. The predicted molar refractivity (Wildman–Crippen MR) is 87.3 cm³/mol. The molecule has 1 heterocycles. The van der Waals surface area contributed by atoms with Gasteiger partial charge in [-0.25, -0.2) is 8.42 Å². The average molecular weight is 320 g/mol. The second-order valence-electron chi connectivity index (χ2n) is 6.49. The Morgan fingerprint density at radius 2 is 1.86 bits per heavy atom.